The summed E-state index contributed by atoms with van der Waals surface area (Å²) in [5, 5.41) is 5.59. The standard InChI is InChI=1S/C23H23BrN6O4/c24-17-10-27-18(11-26-17)29(14-6-8-25-9-7-14)12-13-2-1-3-15-20(13)23(34)30(22(15)33)16-4-5-19(31)28-21(16)32/h1-3,10-11,14,16,25H,4-9,12H2,(H,28,31,32). The summed E-state index contributed by atoms with van der Waals surface area (Å²) < 4.78 is 0.628. The minimum atomic E-state index is -0.990. The molecule has 1 aromatic heterocycles. The van der Waals surface area contributed by atoms with Gasteiger partial charge in [-0.25, -0.2) is 9.97 Å². The third-order valence-corrected chi connectivity index (χ3v) is 6.96. The summed E-state index contributed by atoms with van der Waals surface area (Å²) in [6.45, 7) is 2.11. The van der Waals surface area contributed by atoms with Crippen molar-refractivity contribution in [3.8, 4) is 0 Å². The molecule has 3 aliphatic rings. The van der Waals surface area contributed by atoms with Gasteiger partial charge in [-0.1, -0.05) is 12.1 Å². The van der Waals surface area contributed by atoms with Crippen molar-refractivity contribution in [2.24, 2.45) is 0 Å². The molecular weight excluding hydrogens is 504 g/mol. The van der Waals surface area contributed by atoms with Gasteiger partial charge in [-0.15, -0.1) is 0 Å². The quantitative estimate of drug-likeness (QED) is 0.560. The zero-order chi connectivity index (χ0) is 23.8. The van der Waals surface area contributed by atoms with E-state index in [0.29, 0.717) is 28.1 Å². The molecule has 2 aromatic rings. The van der Waals surface area contributed by atoms with Crippen molar-refractivity contribution >= 4 is 45.4 Å². The van der Waals surface area contributed by atoms with Crippen LogP contribution in [0.3, 0.4) is 0 Å². The lowest BCUT2D eigenvalue weighted by atomic mass is 9.99. The van der Waals surface area contributed by atoms with Gasteiger partial charge in [-0.05, 0) is 59.9 Å². The number of anilines is 1. The number of hydrogen-bond donors (Lipinski definition) is 2. The predicted octanol–water partition coefficient (Wildman–Crippen LogP) is 1.40. The molecular formula is C23H23BrN6O4. The van der Waals surface area contributed by atoms with Gasteiger partial charge < -0.3 is 10.2 Å². The number of nitrogens with zero attached hydrogens (tertiary/aromatic N) is 4. The minimum Gasteiger partial charge on any atom is -0.348 e. The largest absolute Gasteiger partial charge is 0.348 e. The fraction of sp³-hybridized carbons (Fsp3) is 0.391. The van der Waals surface area contributed by atoms with E-state index < -0.39 is 29.7 Å². The molecule has 176 valence electrons. The van der Waals surface area contributed by atoms with Crippen LogP contribution in [0.2, 0.25) is 0 Å². The zero-order valence-corrected chi connectivity index (χ0v) is 19.9. The second kappa shape index (κ2) is 9.22. The highest BCUT2D eigenvalue weighted by Crippen LogP contribution is 2.32. The van der Waals surface area contributed by atoms with Crippen LogP contribution in [0.15, 0.2) is 35.2 Å². The van der Waals surface area contributed by atoms with Crippen molar-refractivity contribution in [3.63, 3.8) is 0 Å². The third kappa shape index (κ3) is 4.09. The molecule has 0 bridgehead atoms. The Bertz CT molecular complexity index is 1160. The molecule has 2 N–H and O–H groups in total. The number of aromatic nitrogens is 2. The Morgan fingerprint density at radius 3 is 2.53 bits per heavy atom. The normalized spacial score (nSPS) is 21.0. The number of piperidine rings is 2. The van der Waals surface area contributed by atoms with Gasteiger partial charge in [0.15, 0.2) is 0 Å². The van der Waals surface area contributed by atoms with Crippen LogP contribution in [0.5, 0.6) is 0 Å². The molecule has 3 aliphatic heterocycles. The third-order valence-electron chi connectivity index (χ3n) is 6.55. The molecule has 2 fully saturated rings. The lowest BCUT2D eigenvalue weighted by Crippen LogP contribution is -2.54. The number of benzene rings is 1. The molecule has 5 rings (SSSR count). The molecule has 0 radical (unpaired) electrons. The van der Waals surface area contributed by atoms with Crippen LogP contribution in [0.4, 0.5) is 5.82 Å². The first-order chi connectivity index (χ1) is 16.4. The number of carbonyl (C=O) groups is 4. The summed E-state index contributed by atoms with van der Waals surface area (Å²) in [6, 6.07) is 4.39. The Kier molecular flexibility index (Phi) is 6.13. The number of hydrogen-bond acceptors (Lipinski definition) is 8. The van der Waals surface area contributed by atoms with Gasteiger partial charge in [0.2, 0.25) is 11.8 Å². The summed E-state index contributed by atoms with van der Waals surface area (Å²) in [5.74, 6) is -1.34. The van der Waals surface area contributed by atoms with E-state index in [-0.39, 0.29) is 24.4 Å². The molecule has 1 aromatic carbocycles. The Labute approximate surface area is 204 Å². The van der Waals surface area contributed by atoms with Gasteiger partial charge in [0.25, 0.3) is 11.8 Å². The van der Waals surface area contributed by atoms with Crippen molar-refractivity contribution in [1.82, 2.24) is 25.5 Å². The second-order valence-corrected chi connectivity index (χ2v) is 9.41. The highest BCUT2D eigenvalue weighted by atomic mass is 79.9. The Balaban J connectivity index is 1.48. The second-order valence-electron chi connectivity index (χ2n) is 8.59. The topological polar surface area (TPSA) is 125 Å². The highest BCUT2D eigenvalue weighted by Gasteiger charge is 2.45. The number of amides is 4. The lowest BCUT2D eigenvalue weighted by molar-refractivity contribution is -0.136. The van der Waals surface area contributed by atoms with Crippen molar-refractivity contribution in [2.75, 3.05) is 18.0 Å². The molecule has 4 heterocycles. The zero-order valence-electron chi connectivity index (χ0n) is 18.3. The molecule has 0 spiro atoms. The van der Waals surface area contributed by atoms with Crippen LogP contribution >= 0.6 is 15.9 Å². The summed E-state index contributed by atoms with van der Waals surface area (Å²) in [5.41, 5.74) is 1.27. The summed E-state index contributed by atoms with van der Waals surface area (Å²) in [4.78, 5) is 62.6. The van der Waals surface area contributed by atoms with Crippen LogP contribution in [0.1, 0.15) is 52.0 Å². The van der Waals surface area contributed by atoms with Gasteiger partial charge in [0.1, 0.15) is 16.5 Å². The van der Waals surface area contributed by atoms with E-state index in [1.165, 1.54) is 0 Å². The SMILES string of the molecule is O=C1CCC(N2C(=O)c3cccc(CN(c4cnc(Br)cn4)C4CCNCC4)c3C2=O)C(=O)N1. The molecule has 2 saturated heterocycles. The van der Waals surface area contributed by atoms with E-state index in [0.717, 1.165) is 30.8 Å². The summed E-state index contributed by atoms with van der Waals surface area (Å²) in [7, 11) is 0. The number of imide groups is 2. The molecule has 1 unspecified atom stereocenters. The summed E-state index contributed by atoms with van der Waals surface area (Å²) >= 11 is 3.32. The van der Waals surface area contributed by atoms with Crippen molar-refractivity contribution in [2.45, 2.75) is 44.3 Å². The van der Waals surface area contributed by atoms with Gasteiger partial charge in [-0.3, -0.25) is 29.4 Å². The van der Waals surface area contributed by atoms with Crippen molar-refractivity contribution in [3.05, 3.63) is 51.9 Å². The van der Waals surface area contributed by atoms with E-state index >= 15 is 0 Å². The van der Waals surface area contributed by atoms with E-state index in [1.54, 1.807) is 24.5 Å². The van der Waals surface area contributed by atoms with E-state index in [1.807, 2.05) is 6.07 Å². The fourth-order valence-electron chi connectivity index (χ4n) is 4.87. The molecule has 0 aliphatic carbocycles. The smallest absolute Gasteiger partial charge is 0.262 e. The van der Waals surface area contributed by atoms with Crippen LogP contribution in [-0.4, -0.2) is 63.7 Å². The lowest BCUT2D eigenvalue weighted by Gasteiger charge is -2.35. The highest BCUT2D eigenvalue weighted by molar-refractivity contribution is 9.10. The predicted molar refractivity (Wildman–Crippen MR) is 125 cm³/mol. The molecule has 1 atom stereocenters. The monoisotopic (exact) mass is 526 g/mol. The van der Waals surface area contributed by atoms with Crippen LogP contribution in [0.25, 0.3) is 0 Å². The average Bonchev–Trinajstić information content (AvgIpc) is 3.09. The number of nitrogens with one attached hydrogen (secondary N) is 2. The minimum absolute atomic E-state index is 0.0857. The van der Waals surface area contributed by atoms with E-state index in [9.17, 15) is 19.2 Å². The van der Waals surface area contributed by atoms with Crippen molar-refractivity contribution < 1.29 is 19.2 Å². The Hall–Kier alpha value is -3.18. The number of halogens is 1. The maximum atomic E-state index is 13.5. The number of carbonyl (C=O) groups excluding carboxylic acids is 4. The van der Waals surface area contributed by atoms with E-state index in [4.69, 9.17) is 0 Å². The summed E-state index contributed by atoms with van der Waals surface area (Å²) in [6.07, 6.45) is 5.35. The molecule has 0 saturated carbocycles. The van der Waals surface area contributed by atoms with Gasteiger partial charge in [0, 0.05) is 19.0 Å². The van der Waals surface area contributed by atoms with Crippen molar-refractivity contribution in [1.29, 1.82) is 0 Å². The first-order valence-corrected chi connectivity index (χ1v) is 12.0. The molecule has 4 amide bonds. The number of fused-ring (bicyclic) bond motifs is 1. The molecule has 10 nitrogen and oxygen atoms in total. The van der Waals surface area contributed by atoms with E-state index in [2.05, 4.69) is 41.4 Å². The number of rotatable bonds is 5. The fourth-order valence-corrected chi connectivity index (χ4v) is 5.07. The molecule has 11 heteroatoms. The Morgan fingerprint density at radius 2 is 1.82 bits per heavy atom. The average molecular weight is 527 g/mol. The van der Waals surface area contributed by atoms with Crippen LogP contribution in [-0.2, 0) is 16.1 Å². The van der Waals surface area contributed by atoms with Gasteiger partial charge in [-0.2, -0.15) is 0 Å². The van der Waals surface area contributed by atoms with Gasteiger partial charge in [0.05, 0.1) is 23.5 Å². The van der Waals surface area contributed by atoms with Crippen LogP contribution < -0.4 is 15.5 Å². The van der Waals surface area contributed by atoms with Gasteiger partial charge >= 0.3 is 0 Å². The van der Waals surface area contributed by atoms with Crippen LogP contribution in [0, 0.1) is 0 Å². The Morgan fingerprint density at radius 1 is 1.03 bits per heavy atom. The maximum Gasteiger partial charge on any atom is 0.262 e. The first kappa shape index (κ1) is 22.6. The maximum absolute atomic E-state index is 13.5. The first-order valence-electron chi connectivity index (χ1n) is 11.2. The molecule has 34 heavy (non-hydrogen) atoms.